The van der Waals surface area contributed by atoms with E-state index in [4.69, 9.17) is 0 Å². The molecule has 3 nitrogen and oxygen atoms in total. The lowest BCUT2D eigenvalue weighted by molar-refractivity contribution is -0.114. The molecule has 6 heteroatoms. The van der Waals surface area contributed by atoms with Crippen molar-refractivity contribution in [2.75, 3.05) is 23.5 Å². The second kappa shape index (κ2) is 5.06. The maximum Gasteiger partial charge on any atom is 0.299 e. The number of rotatable bonds is 4. The van der Waals surface area contributed by atoms with Crippen LogP contribution in [0.3, 0.4) is 0 Å². The largest absolute Gasteiger partial charge is 0.305 e. The Morgan fingerprint density at radius 2 is 1.89 bits per heavy atom. The molecule has 0 saturated heterocycles. The third kappa shape index (κ3) is 2.12. The molecule has 1 aliphatic rings. The monoisotopic (exact) mass is 271 g/mol. The topological polar surface area (TPSA) is 37.4 Å². The number of carbonyl (C=O) groups is 2. The molecule has 96 valence electrons. The highest BCUT2D eigenvalue weighted by atomic mass is 32.2. The first kappa shape index (κ1) is 13.0. The number of amides is 1. The number of Topliss-reactive ketones (excluding diaryl/α,β-unsaturated/α-hetero) is 1. The minimum atomic E-state index is -1.11. The molecule has 0 fully saturated rings. The Morgan fingerprint density at radius 3 is 2.56 bits per heavy atom. The second-order valence-electron chi connectivity index (χ2n) is 3.92. The van der Waals surface area contributed by atoms with Gasteiger partial charge in [-0.2, -0.15) is 11.8 Å². The SMILES string of the molecule is CSCCCN1C(=O)C(=O)c2cc(F)c(F)cc21. The van der Waals surface area contributed by atoms with Crippen LogP contribution in [-0.4, -0.2) is 30.2 Å². The molecular weight excluding hydrogens is 260 g/mol. The highest BCUT2D eigenvalue weighted by molar-refractivity contribution is 7.98. The minimum absolute atomic E-state index is 0.0527. The lowest BCUT2D eigenvalue weighted by atomic mass is 10.1. The van der Waals surface area contributed by atoms with Gasteiger partial charge in [0.2, 0.25) is 0 Å². The molecule has 18 heavy (non-hydrogen) atoms. The van der Waals surface area contributed by atoms with Crippen LogP contribution in [0.25, 0.3) is 0 Å². The normalized spacial score (nSPS) is 14.3. The summed E-state index contributed by atoms with van der Waals surface area (Å²) in [6.07, 6.45) is 2.62. The zero-order chi connectivity index (χ0) is 13.3. The zero-order valence-electron chi connectivity index (χ0n) is 9.70. The molecular formula is C12H11F2NO2S. The fourth-order valence-corrected chi connectivity index (χ4v) is 2.30. The third-order valence-corrected chi connectivity index (χ3v) is 3.44. The number of carbonyl (C=O) groups excluding carboxylic acids is 2. The first-order valence-electron chi connectivity index (χ1n) is 5.40. The van der Waals surface area contributed by atoms with Crippen molar-refractivity contribution in [2.24, 2.45) is 0 Å². The van der Waals surface area contributed by atoms with Crippen molar-refractivity contribution in [3.63, 3.8) is 0 Å². The van der Waals surface area contributed by atoms with Crippen LogP contribution in [0.1, 0.15) is 16.8 Å². The molecule has 0 radical (unpaired) electrons. The maximum absolute atomic E-state index is 13.2. The maximum atomic E-state index is 13.2. The lowest BCUT2D eigenvalue weighted by Gasteiger charge is -2.16. The summed E-state index contributed by atoms with van der Waals surface area (Å²) in [5, 5.41) is 0. The summed E-state index contributed by atoms with van der Waals surface area (Å²) in [4.78, 5) is 24.5. The summed E-state index contributed by atoms with van der Waals surface area (Å²) >= 11 is 1.62. The minimum Gasteiger partial charge on any atom is -0.305 e. The Labute approximate surface area is 107 Å². The van der Waals surface area contributed by atoms with Crippen molar-refractivity contribution in [1.29, 1.82) is 0 Å². The Morgan fingerprint density at radius 1 is 1.22 bits per heavy atom. The molecule has 0 spiro atoms. The Kier molecular flexibility index (Phi) is 3.65. The number of ketones is 1. The first-order chi connectivity index (χ1) is 8.56. The van der Waals surface area contributed by atoms with E-state index in [9.17, 15) is 18.4 Å². The van der Waals surface area contributed by atoms with Crippen LogP contribution in [0.5, 0.6) is 0 Å². The van der Waals surface area contributed by atoms with E-state index >= 15 is 0 Å². The van der Waals surface area contributed by atoms with Crippen molar-refractivity contribution in [3.05, 3.63) is 29.3 Å². The summed E-state index contributed by atoms with van der Waals surface area (Å²) in [6, 6.07) is 1.70. The van der Waals surface area contributed by atoms with Crippen molar-refractivity contribution in [2.45, 2.75) is 6.42 Å². The molecule has 1 aromatic rings. The molecule has 0 bridgehead atoms. The molecule has 1 aliphatic heterocycles. The van der Waals surface area contributed by atoms with Crippen LogP contribution in [0.4, 0.5) is 14.5 Å². The van der Waals surface area contributed by atoms with Gasteiger partial charge < -0.3 is 4.90 Å². The summed E-state index contributed by atoms with van der Waals surface area (Å²) < 4.78 is 26.2. The summed E-state index contributed by atoms with van der Waals surface area (Å²) in [5.74, 6) is -2.81. The number of benzene rings is 1. The van der Waals surface area contributed by atoms with Crippen LogP contribution in [-0.2, 0) is 4.79 Å². The van der Waals surface area contributed by atoms with E-state index in [1.165, 1.54) is 4.90 Å². The number of fused-ring (bicyclic) bond motifs is 1. The fourth-order valence-electron chi connectivity index (χ4n) is 1.88. The van der Waals surface area contributed by atoms with Gasteiger partial charge >= 0.3 is 0 Å². The van der Waals surface area contributed by atoms with Crippen LogP contribution in [0.15, 0.2) is 12.1 Å². The molecule has 0 aromatic heterocycles. The highest BCUT2D eigenvalue weighted by Crippen LogP contribution is 2.31. The Balaban J connectivity index is 2.33. The van der Waals surface area contributed by atoms with E-state index in [2.05, 4.69) is 0 Å². The van der Waals surface area contributed by atoms with E-state index in [1.807, 2.05) is 6.26 Å². The van der Waals surface area contributed by atoms with E-state index in [0.717, 1.165) is 17.9 Å². The van der Waals surface area contributed by atoms with Gasteiger partial charge in [-0.15, -0.1) is 0 Å². The fraction of sp³-hybridized carbons (Fsp3) is 0.333. The van der Waals surface area contributed by atoms with Crippen LogP contribution in [0, 0.1) is 11.6 Å². The third-order valence-electron chi connectivity index (χ3n) is 2.74. The number of nitrogens with zero attached hydrogens (tertiary/aromatic N) is 1. The first-order valence-corrected chi connectivity index (χ1v) is 6.80. The van der Waals surface area contributed by atoms with Crippen LogP contribution in [0.2, 0.25) is 0 Å². The molecule has 2 rings (SSSR count). The predicted molar refractivity (Wildman–Crippen MR) is 66.0 cm³/mol. The number of anilines is 1. The van der Waals surface area contributed by atoms with E-state index in [-0.39, 0.29) is 11.3 Å². The quantitative estimate of drug-likeness (QED) is 0.622. The standard InChI is InChI=1S/C12H11F2NO2S/c1-18-4-2-3-15-10-6-9(14)8(13)5-7(10)11(16)12(15)17/h5-6H,2-4H2,1H3. The summed E-state index contributed by atoms with van der Waals surface area (Å²) in [7, 11) is 0. The lowest BCUT2D eigenvalue weighted by Crippen LogP contribution is -2.30. The highest BCUT2D eigenvalue weighted by Gasteiger charge is 2.36. The number of thioether (sulfide) groups is 1. The molecule has 0 aliphatic carbocycles. The average molecular weight is 271 g/mol. The molecule has 1 aromatic carbocycles. The predicted octanol–water partition coefficient (Wildman–Crippen LogP) is 2.25. The summed E-state index contributed by atoms with van der Waals surface area (Å²) in [5.41, 5.74) is 0.119. The van der Waals surface area contributed by atoms with E-state index in [0.29, 0.717) is 13.0 Å². The van der Waals surface area contributed by atoms with Gasteiger partial charge in [-0.25, -0.2) is 8.78 Å². The van der Waals surface area contributed by atoms with Gasteiger partial charge in [0, 0.05) is 12.6 Å². The second-order valence-corrected chi connectivity index (χ2v) is 4.90. The molecule has 0 saturated carbocycles. The van der Waals surface area contributed by atoms with Gasteiger partial charge in [0.1, 0.15) is 0 Å². The van der Waals surface area contributed by atoms with Gasteiger partial charge in [0.05, 0.1) is 11.3 Å². The van der Waals surface area contributed by atoms with Crippen LogP contribution < -0.4 is 4.90 Å². The van der Waals surface area contributed by atoms with Crippen molar-refractivity contribution in [1.82, 2.24) is 0 Å². The van der Waals surface area contributed by atoms with E-state index in [1.54, 1.807) is 11.8 Å². The van der Waals surface area contributed by atoms with Gasteiger partial charge in [0.15, 0.2) is 11.6 Å². The van der Waals surface area contributed by atoms with Crippen molar-refractivity contribution in [3.8, 4) is 0 Å². The van der Waals surface area contributed by atoms with Gasteiger partial charge in [0.25, 0.3) is 11.7 Å². The average Bonchev–Trinajstić information content (AvgIpc) is 2.56. The van der Waals surface area contributed by atoms with Crippen molar-refractivity contribution >= 4 is 29.1 Å². The molecule has 0 N–H and O–H groups in total. The number of hydrogen-bond acceptors (Lipinski definition) is 3. The molecule has 1 heterocycles. The number of halogens is 2. The van der Waals surface area contributed by atoms with Gasteiger partial charge in [-0.1, -0.05) is 0 Å². The molecule has 1 amide bonds. The smallest absolute Gasteiger partial charge is 0.299 e. The van der Waals surface area contributed by atoms with Crippen molar-refractivity contribution < 1.29 is 18.4 Å². The number of hydrogen-bond donors (Lipinski definition) is 0. The van der Waals surface area contributed by atoms with E-state index < -0.39 is 23.3 Å². The molecule has 0 unspecified atom stereocenters. The van der Waals surface area contributed by atoms with Gasteiger partial charge in [-0.05, 0) is 24.5 Å². The molecule has 0 atom stereocenters. The Bertz CT molecular complexity index is 519. The zero-order valence-corrected chi connectivity index (χ0v) is 10.5. The van der Waals surface area contributed by atoms with Gasteiger partial charge in [-0.3, -0.25) is 9.59 Å². The Hall–Kier alpha value is -1.43. The van der Waals surface area contributed by atoms with Crippen LogP contribution >= 0.6 is 11.8 Å². The summed E-state index contributed by atoms with van der Waals surface area (Å²) in [6.45, 7) is 0.337.